The number of halogens is 2. The van der Waals surface area contributed by atoms with Gasteiger partial charge in [-0.1, -0.05) is 25.4 Å². The Balaban J connectivity index is 2.59. The molecule has 6 heteroatoms. The highest BCUT2D eigenvalue weighted by Gasteiger charge is 2.19. The Labute approximate surface area is 118 Å². The summed E-state index contributed by atoms with van der Waals surface area (Å²) in [5, 5.41) is 13.8. The lowest BCUT2D eigenvalue weighted by Gasteiger charge is -2.01. The monoisotopic (exact) mass is 324 g/mol. The third-order valence-corrected chi connectivity index (χ3v) is 3.26. The lowest BCUT2D eigenvalue weighted by Crippen LogP contribution is -2.00. The summed E-state index contributed by atoms with van der Waals surface area (Å²) in [4.78, 5) is 4.22. The second kappa shape index (κ2) is 5.09. The van der Waals surface area contributed by atoms with E-state index in [4.69, 9.17) is 16.9 Å². The van der Waals surface area contributed by atoms with E-state index < -0.39 is 0 Å². The highest BCUT2D eigenvalue weighted by molar-refractivity contribution is 9.10. The van der Waals surface area contributed by atoms with E-state index in [9.17, 15) is 0 Å². The van der Waals surface area contributed by atoms with E-state index in [1.165, 1.54) is 4.68 Å². The summed E-state index contributed by atoms with van der Waals surface area (Å²) in [6.07, 6.45) is 1.66. The molecular formula is C12H10BrClN4. The van der Waals surface area contributed by atoms with Gasteiger partial charge in [0.2, 0.25) is 0 Å². The predicted molar refractivity (Wildman–Crippen MR) is 72.9 cm³/mol. The molecule has 2 aromatic heterocycles. The van der Waals surface area contributed by atoms with Crippen LogP contribution < -0.4 is 0 Å². The van der Waals surface area contributed by atoms with Crippen LogP contribution >= 0.6 is 27.5 Å². The molecule has 2 rings (SSSR count). The standard InChI is InChI=1S/C12H10BrClN4/c1-7(2)11-9(5-15)12(14)18(17-11)10-4-3-8(13)6-16-10/h3-4,6-7H,1-2H3. The summed E-state index contributed by atoms with van der Waals surface area (Å²) < 4.78 is 2.36. The van der Waals surface area contributed by atoms with Gasteiger partial charge in [-0.15, -0.1) is 0 Å². The second-order valence-electron chi connectivity index (χ2n) is 4.06. The van der Waals surface area contributed by atoms with Crippen molar-refractivity contribution < 1.29 is 0 Å². The minimum atomic E-state index is 0.133. The maximum Gasteiger partial charge on any atom is 0.155 e. The largest absolute Gasteiger partial charge is 0.236 e. The highest BCUT2D eigenvalue weighted by Crippen LogP contribution is 2.27. The molecule has 0 bridgehead atoms. The molecule has 0 saturated heterocycles. The Hall–Kier alpha value is -1.38. The molecule has 0 atom stereocenters. The predicted octanol–water partition coefficient (Wildman–Crippen LogP) is 3.68. The van der Waals surface area contributed by atoms with Gasteiger partial charge in [-0.2, -0.15) is 10.4 Å². The molecule has 0 unspecified atom stereocenters. The Morgan fingerprint density at radius 3 is 2.61 bits per heavy atom. The van der Waals surface area contributed by atoms with Crippen LogP contribution in [0.1, 0.15) is 31.0 Å². The molecule has 0 aliphatic rings. The van der Waals surface area contributed by atoms with Crippen LogP contribution in [-0.2, 0) is 0 Å². The van der Waals surface area contributed by atoms with Crippen LogP contribution in [0.5, 0.6) is 0 Å². The summed E-state index contributed by atoms with van der Waals surface area (Å²) in [7, 11) is 0. The molecule has 2 heterocycles. The van der Waals surface area contributed by atoms with E-state index in [0.717, 1.165) is 4.47 Å². The van der Waals surface area contributed by atoms with Gasteiger partial charge in [0.25, 0.3) is 0 Å². The van der Waals surface area contributed by atoms with Crippen LogP contribution in [0, 0.1) is 11.3 Å². The van der Waals surface area contributed by atoms with Crippen molar-refractivity contribution in [2.24, 2.45) is 0 Å². The number of nitrogens with zero attached hydrogens (tertiary/aromatic N) is 4. The molecule has 0 radical (unpaired) electrons. The molecule has 0 aromatic carbocycles. The van der Waals surface area contributed by atoms with Crippen molar-refractivity contribution in [2.45, 2.75) is 19.8 Å². The van der Waals surface area contributed by atoms with Crippen molar-refractivity contribution in [3.8, 4) is 11.9 Å². The van der Waals surface area contributed by atoms with E-state index in [0.29, 0.717) is 22.2 Å². The highest BCUT2D eigenvalue weighted by atomic mass is 79.9. The molecule has 0 N–H and O–H groups in total. The van der Waals surface area contributed by atoms with Gasteiger partial charge in [-0.25, -0.2) is 9.67 Å². The van der Waals surface area contributed by atoms with E-state index in [1.54, 1.807) is 12.3 Å². The maximum atomic E-state index is 9.14. The van der Waals surface area contributed by atoms with Crippen molar-refractivity contribution >= 4 is 27.5 Å². The Kier molecular flexibility index (Phi) is 3.69. The molecule has 0 saturated carbocycles. The molecular weight excluding hydrogens is 316 g/mol. The van der Waals surface area contributed by atoms with Crippen molar-refractivity contribution in [1.29, 1.82) is 5.26 Å². The summed E-state index contributed by atoms with van der Waals surface area (Å²) in [6.45, 7) is 3.94. The number of nitriles is 1. The van der Waals surface area contributed by atoms with Gasteiger partial charge in [-0.3, -0.25) is 0 Å². The van der Waals surface area contributed by atoms with Gasteiger partial charge in [0.05, 0.1) is 5.69 Å². The molecule has 0 aliphatic carbocycles. The molecule has 18 heavy (non-hydrogen) atoms. The number of pyridine rings is 1. The van der Waals surface area contributed by atoms with Gasteiger partial charge < -0.3 is 0 Å². The fraction of sp³-hybridized carbons (Fsp3) is 0.250. The van der Waals surface area contributed by atoms with Gasteiger partial charge in [0.15, 0.2) is 11.0 Å². The molecule has 0 amide bonds. The molecule has 2 aromatic rings. The summed E-state index contributed by atoms with van der Waals surface area (Å²) in [5.74, 6) is 0.723. The maximum absolute atomic E-state index is 9.14. The molecule has 0 spiro atoms. The normalized spacial score (nSPS) is 10.7. The Morgan fingerprint density at radius 2 is 2.17 bits per heavy atom. The Morgan fingerprint density at radius 1 is 1.44 bits per heavy atom. The Bertz CT molecular complexity index is 610. The lowest BCUT2D eigenvalue weighted by molar-refractivity contribution is 0.757. The van der Waals surface area contributed by atoms with Crippen LogP contribution in [0.3, 0.4) is 0 Å². The average Bonchev–Trinajstić information content (AvgIpc) is 2.67. The first kappa shape index (κ1) is 13.1. The van der Waals surface area contributed by atoms with E-state index >= 15 is 0 Å². The van der Waals surface area contributed by atoms with Crippen molar-refractivity contribution in [2.75, 3.05) is 0 Å². The summed E-state index contributed by atoms with van der Waals surface area (Å²) in [6, 6.07) is 5.73. The van der Waals surface area contributed by atoms with E-state index in [-0.39, 0.29) is 5.92 Å². The minimum Gasteiger partial charge on any atom is -0.236 e. The first-order valence-corrected chi connectivity index (χ1v) is 6.52. The number of hydrogen-bond acceptors (Lipinski definition) is 3. The SMILES string of the molecule is CC(C)c1nn(-c2ccc(Br)cn2)c(Cl)c1C#N. The zero-order chi connectivity index (χ0) is 13.3. The second-order valence-corrected chi connectivity index (χ2v) is 5.34. The molecule has 0 fully saturated rings. The van der Waals surface area contributed by atoms with Crippen LogP contribution in [-0.4, -0.2) is 14.8 Å². The number of aromatic nitrogens is 3. The van der Waals surface area contributed by atoms with Gasteiger partial charge in [0.1, 0.15) is 11.6 Å². The van der Waals surface area contributed by atoms with Crippen LogP contribution in [0.25, 0.3) is 5.82 Å². The number of hydrogen-bond donors (Lipinski definition) is 0. The third-order valence-electron chi connectivity index (χ3n) is 2.44. The van der Waals surface area contributed by atoms with Crippen LogP contribution in [0.4, 0.5) is 0 Å². The summed E-state index contributed by atoms with van der Waals surface area (Å²) >= 11 is 9.49. The van der Waals surface area contributed by atoms with E-state index in [1.807, 2.05) is 19.9 Å². The third kappa shape index (κ3) is 2.26. The molecule has 0 aliphatic heterocycles. The summed E-state index contributed by atoms with van der Waals surface area (Å²) in [5.41, 5.74) is 1.10. The van der Waals surface area contributed by atoms with Crippen molar-refractivity contribution in [1.82, 2.24) is 14.8 Å². The first-order chi connectivity index (χ1) is 8.54. The van der Waals surface area contributed by atoms with Crippen LogP contribution in [0.2, 0.25) is 5.15 Å². The average molecular weight is 326 g/mol. The smallest absolute Gasteiger partial charge is 0.155 e. The minimum absolute atomic E-state index is 0.133. The molecule has 92 valence electrons. The fourth-order valence-electron chi connectivity index (χ4n) is 1.57. The van der Waals surface area contributed by atoms with Crippen molar-refractivity contribution in [3.05, 3.63) is 39.2 Å². The van der Waals surface area contributed by atoms with E-state index in [2.05, 4.69) is 32.1 Å². The van der Waals surface area contributed by atoms with Gasteiger partial charge >= 0.3 is 0 Å². The van der Waals surface area contributed by atoms with Gasteiger partial charge in [-0.05, 0) is 34.0 Å². The lowest BCUT2D eigenvalue weighted by atomic mass is 10.1. The number of rotatable bonds is 2. The zero-order valence-electron chi connectivity index (χ0n) is 9.85. The first-order valence-electron chi connectivity index (χ1n) is 5.35. The van der Waals surface area contributed by atoms with Crippen LogP contribution in [0.15, 0.2) is 22.8 Å². The topological polar surface area (TPSA) is 54.5 Å². The van der Waals surface area contributed by atoms with Crippen molar-refractivity contribution in [3.63, 3.8) is 0 Å². The fourth-order valence-corrected chi connectivity index (χ4v) is 2.06. The van der Waals surface area contributed by atoms with Gasteiger partial charge in [0, 0.05) is 10.7 Å². The molecule has 4 nitrogen and oxygen atoms in total. The zero-order valence-corrected chi connectivity index (χ0v) is 12.2. The quantitative estimate of drug-likeness (QED) is 0.846.